The van der Waals surface area contributed by atoms with Crippen LogP contribution in [0.3, 0.4) is 0 Å². The fraction of sp³-hybridized carbons (Fsp3) is 0.280. The molecular formula is C25H28ClNO4. The molecule has 1 atom stereocenters. The molecule has 0 fully saturated rings. The Morgan fingerprint density at radius 3 is 2.58 bits per heavy atom. The molecule has 0 radical (unpaired) electrons. The Bertz CT molecular complexity index is 979. The van der Waals surface area contributed by atoms with Crippen LogP contribution in [0, 0.1) is 0 Å². The van der Waals surface area contributed by atoms with E-state index in [2.05, 4.69) is 18.3 Å². The molecule has 0 aliphatic rings. The van der Waals surface area contributed by atoms with Crippen LogP contribution in [0.15, 0.2) is 66.7 Å². The van der Waals surface area contributed by atoms with E-state index in [4.69, 9.17) is 30.9 Å². The normalized spacial score (nSPS) is 11.7. The molecule has 3 rings (SSSR count). The molecule has 0 aliphatic heterocycles. The van der Waals surface area contributed by atoms with Gasteiger partial charge in [-0.3, -0.25) is 0 Å². The topological polar surface area (TPSA) is 60.0 Å². The van der Waals surface area contributed by atoms with Gasteiger partial charge in [-0.2, -0.15) is 0 Å². The number of rotatable bonds is 11. The number of halogens is 1. The van der Waals surface area contributed by atoms with Gasteiger partial charge in [-0.1, -0.05) is 48.0 Å². The molecule has 31 heavy (non-hydrogen) atoms. The zero-order valence-corrected chi connectivity index (χ0v) is 18.6. The molecule has 0 bridgehead atoms. The van der Waals surface area contributed by atoms with Crippen LogP contribution in [0.5, 0.6) is 17.2 Å². The number of methoxy groups -OCH3 is 1. The smallest absolute Gasteiger partial charge is 0.161 e. The highest BCUT2D eigenvalue weighted by Gasteiger charge is 2.11. The van der Waals surface area contributed by atoms with Crippen molar-refractivity contribution in [2.45, 2.75) is 26.1 Å². The second kappa shape index (κ2) is 11.6. The van der Waals surface area contributed by atoms with Crippen molar-refractivity contribution >= 4 is 11.6 Å². The third kappa shape index (κ3) is 6.62. The summed E-state index contributed by atoms with van der Waals surface area (Å²) in [6.45, 7) is 3.41. The molecule has 164 valence electrons. The van der Waals surface area contributed by atoms with E-state index in [1.54, 1.807) is 7.11 Å². The highest BCUT2D eigenvalue weighted by Crippen LogP contribution is 2.30. The van der Waals surface area contributed by atoms with Gasteiger partial charge in [0, 0.05) is 23.2 Å². The van der Waals surface area contributed by atoms with Crippen molar-refractivity contribution in [3.05, 3.63) is 88.4 Å². The first-order valence-corrected chi connectivity index (χ1v) is 10.6. The number of ether oxygens (including phenoxy) is 3. The summed E-state index contributed by atoms with van der Waals surface area (Å²) >= 11 is 6.20. The van der Waals surface area contributed by atoms with Crippen molar-refractivity contribution in [3.8, 4) is 17.2 Å². The lowest BCUT2D eigenvalue weighted by atomic mass is 10.1. The van der Waals surface area contributed by atoms with Gasteiger partial charge in [0.15, 0.2) is 11.5 Å². The number of benzene rings is 3. The van der Waals surface area contributed by atoms with E-state index < -0.39 is 0 Å². The summed E-state index contributed by atoms with van der Waals surface area (Å²) in [6, 6.07) is 21.6. The zero-order valence-electron chi connectivity index (χ0n) is 17.8. The van der Waals surface area contributed by atoms with Crippen molar-refractivity contribution in [3.63, 3.8) is 0 Å². The molecule has 2 N–H and O–H groups in total. The van der Waals surface area contributed by atoms with Crippen LogP contribution in [0.2, 0.25) is 5.02 Å². The van der Waals surface area contributed by atoms with Crippen LogP contribution in [-0.2, 0) is 13.2 Å². The zero-order chi connectivity index (χ0) is 22.1. The van der Waals surface area contributed by atoms with Gasteiger partial charge in [0.2, 0.25) is 0 Å². The molecule has 0 saturated heterocycles. The van der Waals surface area contributed by atoms with Gasteiger partial charge in [0.1, 0.15) is 19.0 Å². The van der Waals surface area contributed by atoms with Crippen molar-refractivity contribution in [2.24, 2.45) is 0 Å². The first-order chi connectivity index (χ1) is 15.1. The van der Waals surface area contributed by atoms with E-state index in [0.717, 1.165) is 22.4 Å². The molecular weight excluding hydrogens is 414 g/mol. The van der Waals surface area contributed by atoms with Gasteiger partial charge >= 0.3 is 0 Å². The Morgan fingerprint density at radius 1 is 0.968 bits per heavy atom. The van der Waals surface area contributed by atoms with Gasteiger partial charge in [-0.05, 0) is 48.4 Å². The molecule has 0 aromatic heterocycles. The second-order valence-electron chi connectivity index (χ2n) is 7.11. The fourth-order valence-corrected chi connectivity index (χ4v) is 3.33. The third-order valence-corrected chi connectivity index (χ3v) is 5.27. The predicted molar refractivity (Wildman–Crippen MR) is 123 cm³/mol. The number of nitrogens with one attached hydrogen (secondary N) is 1. The average molecular weight is 442 g/mol. The summed E-state index contributed by atoms with van der Waals surface area (Å²) < 4.78 is 16.8. The summed E-state index contributed by atoms with van der Waals surface area (Å²) in [7, 11) is 1.61. The van der Waals surface area contributed by atoms with Crippen molar-refractivity contribution in [1.82, 2.24) is 5.32 Å². The highest BCUT2D eigenvalue weighted by molar-refractivity contribution is 6.31. The SMILES string of the molecule is COc1cc([C@H](C)NCc2cccc(OCc3ccccc3Cl)c2)ccc1OCCO. The molecule has 0 spiro atoms. The highest BCUT2D eigenvalue weighted by atomic mass is 35.5. The van der Waals surface area contributed by atoms with E-state index in [0.29, 0.717) is 29.7 Å². The molecule has 0 aliphatic carbocycles. The van der Waals surface area contributed by atoms with Crippen LogP contribution < -0.4 is 19.5 Å². The van der Waals surface area contributed by atoms with Crippen molar-refractivity contribution < 1.29 is 19.3 Å². The summed E-state index contributed by atoms with van der Waals surface area (Å²) in [5, 5.41) is 13.2. The second-order valence-corrected chi connectivity index (χ2v) is 7.52. The minimum absolute atomic E-state index is 0.0377. The summed E-state index contributed by atoms with van der Waals surface area (Å²) in [5.41, 5.74) is 3.17. The van der Waals surface area contributed by atoms with Crippen molar-refractivity contribution in [1.29, 1.82) is 0 Å². The van der Waals surface area contributed by atoms with Crippen LogP contribution in [0.25, 0.3) is 0 Å². The quantitative estimate of drug-likeness (QED) is 0.431. The van der Waals surface area contributed by atoms with Crippen LogP contribution in [-0.4, -0.2) is 25.4 Å². The molecule has 0 amide bonds. The Labute approximate surface area is 188 Å². The van der Waals surface area contributed by atoms with Crippen molar-refractivity contribution in [2.75, 3.05) is 20.3 Å². The summed E-state index contributed by atoms with van der Waals surface area (Å²) in [5.74, 6) is 2.07. The molecule has 3 aromatic carbocycles. The Hall–Kier alpha value is -2.73. The summed E-state index contributed by atoms with van der Waals surface area (Å²) in [4.78, 5) is 0. The first kappa shape index (κ1) is 22.9. The average Bonchev–Trinajstić information content (AvgIpc) is 2.80. The van der Waals surface area contributed by atoms with Gasteiger partial charge in [-0.15, -0.1) is 0 Å². The fourth-order valence-electron chi connectivity index (χ4n) is 3.14. The third-order valence-electron chi connectivity index (χ3n) is 4.90. The number of aliphatic hydroxyl groups is 1. The molecule has 0 unspecified atom stereocenters. The van der Waals surface area contributed by atoms with Crippen LogP contribution in [0.1, 0.15) is 29.7 Å². The molecule has 3 aromatic rings. The van der Waals surface area contributed by atoms with Crippen LogP contribution >= 0.6 is 11.6 Å². The van der Waals surface area contributed by atoms with E-state index in [-0.39, 0.29) is 19.3 Å². The van der Waals surface area contributed by atoms with Crippen LogP contribution in [0.4, 0.5) is 0 Å². The van der Waals surface area contributed by atoms with Gasteiger partial charge < -0.3 is 24.6 Å². The minimum atomic E-state index is -0.0377. The lowest BCUT2D eigenvalue weighted by Crippen LogP contribution is -2.18. The van der Waals surface area contributed by atoms with Gasteiger partial charge in [0.05, 0.1) is 13.7 Å². The lowest BCUT2D eigenvalue weighted by molar-refractivity contribution is 0.196. The monoisotopic (exact) mass is 441 g/mol. The summed E-state index contributed by atoms with van der Waals surface area (Å²) in [6.07, 6.45) is 0. The maximum Gasteiger partial charge on any atom is 0.161 e. The maximum absolute atomic E-state index is 8.94. The number of hydrogen-bond donors (Lipinski definition) is 2. The predicted octanol–water partition coefficient (Wildman–Crippen LogP) is 5.15. The van der Waals surface area contributed by atoms with E-state index >= 15 is 0 Å². The molecule has 0 heterocycles. The molecule has 5 nitrogen and oxygen atoms in total. The lowest BCUT2D eigenvalue weighted by Gasteiger charge is -2.17. The first-order valence-electron chi connectivity index (χ1n) is 10.2. The standard InChI is InChI=1S/C25H28ClNO4/c1-18(20-10-11-24(30-13-12-28)25(15-20)29-2)27-16-19-6-5-8-22(14-19)31-17-21-7-3-4-9-23(21)26/h3-11,14-15,18,27-28H,12-13,16-17H2,1-2H3/t18-/m0/s1. The minimum Gasteiger partial charge on any atom is -0.493 e. The maximum atomic E-state index is 8.94. The van der Waals surface area contributed by atoms with E-state index in [1.165, 1.54) is 0 Å². The van der Waals surface area contributed by atoms with E-state index in [9.17, 15) is 0 Å². The Balaban J connectivity index is 1.58. The Morgan fingerprint density at radius 2 is 1.81 bits per heavy atom. The largest absolute Gasteiger partial charge is 0.493 e. The van der Waals surface area contributed by atoms with Gasteiger partial charge in [0.25, 0.3) is 0 Å². The Kier molecular flexibility index (Phi) is 8.59. The van der Waals surface area contributed by atoms with Gasteiger partial charge in [-0.25, -0.2) is 0 Å². The van der Waals surface area contributed by atoms with E-state index in [1.807, 2.05) is 60.7 Å². The number of hydrogen-bond acceptors (Lipinski definition) is 5. The molecule has 6 heteroatoms. The number of aliphatic hydroxyl groups excluding tert-OH is 1. The molecule has 0 saturated carbocycles.